The molecule has 7 heteroatoms. The summed E-state index contributed by atoms with van der Waals surface area (Å²) in [6.45, 7) is 2.87. The van der Waals surface area contributed by atoms with Crippen LogP contribution in [0, 0.1) is 6.92 Å². The predicted octanol–water partition coefficient (Wildman–Crippen LogP) is 0.935. The van der Waals surface area contributed by atoms with Crippen molar-refractivity contribution in [2.24, 2.45) is 0 Å². The first kappa shape index (κ1) is 14.5. The molecule has 0 radical (unpaired) electrons. The van der Waals surface area contributed by atoms with Gasteiger partial charge in [-0.15, -0.1) is 0 Å². The van der Waals surface area contributed by atoms with Crippen LogP contribution in [0.25, 0.3) is 0 Å². The van der Waals surface area contributed by atoms with Crippen LogP contribution in [-0.4, -0.2) is 31.9 Å². The molecule has 0 spiro atoms. The van der Waals surface area contributed by atoms with Crippen molar-refractivity contribution in [1.82, 2.24) is 15.2 Å². The van der Waals surface area contributed by atoms with E-state index < -0.39 is 10.0 Å². The van der Waals surface area contributed by atoms with Crippen LogP contribution >= 0.6 is 0 Å². The number of nitrogens with one attached hydrogen (secondary N) is 2. The summed E-state index contributed by atoms with van der Waals surface area (Å²) in [6.07, 6.45) is 4.08. The Morgan fingerprint density at radius 3 is 2.84 bits per heavy atom. The van der Waals surface area contributed by atoms with E-state index in [4.69, 9.17) is 4.52 Å². The highest BCUT2D eigenvalue weighted by Crippen LogP contribution is 2.18. The molecule has 2 N–H and O–H groups in total. The lowest BCUT2D eigenvalue weighted by Crippen LogP contribution is -2.26. The second-order valence-corrected chi connectivity index (χ2v) is 6.94. The van der Waals surface area contributed by atoms with Gasteiger partial charge in [-0.05, 0) is 39.2 Å². The lowest BCUT2D eigenvalue weighted by molar-refractivity contribution is 0.377. The second-order valence-electron chi connectivity index (χ2n) is 5.01. The van der Waals surface area contributed by atoms with Crippen LogP contribution in [-0.2, 0) is 16.6 Å². The van der Waals surface area contributed by atoms with E-state index in [1.807, 2.05) is 0 Å². The van der Waals surface area contributed by atoms with Crippen LogP contribution in [0.1, 0.15) is 37.1 Å². The molecule has 1 aromatic rings. The summed E-state index contributed by atoms with van der Waals surface area (Å²) in [6, 6.07) is 2.41. The molecule has 2 rings (SSSR count). The van der Waals surface area contributed by atoms with E-state index in [1.165, 1.54) is 12.8 Å². The molecule has 0 saturated heterocycles. The van der Waals surface area contributed by atoms with E-state index in [0.717, 1.165) is 18.7 Å². The highest BCUT2D eigenvalue weighted by atomic mass is 32.2. The van der Waals surface area contributed by atoms with Gasteiger partial charge in [-0.3, -0.25) is 0 Å². The van der Waals surface area contributed by atoms with Crippen LogP contribution in [0.4, 0.5) is 0 Å². The molecule has 19 heavy (non-hydrogen) atoms. The standard InChI is InChI=1S/C12H21N3O3S/c1-10-8-12(18-15-10)9-14-19(16,17)7-3-2-6-13-11-4-5-11/h8,11,13-14H,2-7,9H2,1H3. The van der Waals surface area contributed by atoms with Crippen molar-refractivity contribution in [3.8, 4) is 0 Å². The van der Waals surface area contributed by atoms with Gasteiger partial charge in [0.1, 0.15) is 0 Å². The average molecular weight is 287 g/mol. The number of unbranched alkanes of at least 4 members (excludes halogenated alkanes) is 1. The molecule has 108 valence electrons. The third kappa shape index (κ3) is 5.71. The van der Waals surface area contributed by atoms with Gasteiger partial charge in [-0.2, -0.15) is 0 Å². The number of hydrogen-bond acceptors (Lipinski definition) is 5. The predicted molar refractivity (Wildman–Crippen MR) is 72.1 cm³/mol. The van der Waals surface area contributed by atoms with Crippen molar-refractivity contribution < 1.29 is 12.9 Å². The van der Waals surface area contributed by atoms with Crippen molar-refractivity contribution in [3.63, 3.8) is 0 Å². The Labute approximate surface area is 114 Å². The molecule has 0 bridgehead atoms. The smallest absolute Gasteiger partial charge is 0.212 e. The topological polar surface area (TPSA) is 84.2 Å². The van der Waals surface area contributed by atoms with E-state index in [9.17, 15) is 8.42 Å². The summed E-state index contributed by atoms with van der Waals surface area (Å²) in [5.41, 5.74) is 0.750. The fourth-order valence-electron chi connectivity index (χ4n) is 1.76. The zero-order valence-electron chi connectivity index (χ0n) is 11.2. The maximum Gasteiger partial charge on any atom is 0.212 e. The zero-order chi connectivity index (χ0) is 13.7. The number of nitrogens with zero attached hydrogens (tertiary/aromatic N) is 1. The van der Waals surface area contributed by atoms with Crippen LogP contribution in [0.5, 0.6) is 0 Å². The Bertz CT molecular complexity index is 494. The van der Waals surface area contributed by atoms with Gasteiger partial charge in [0.05, 0.1) is 18.0 Å². The molecule has 0 aliphatic heterocycles. The molecule has 0 atom stereocenters. The Kier molecular flexibility index (Phi) is 4.95. The molecule has 1 aliphatic carbocycles. The van der Waals surface area contributed by atoms with Gasteiger partial charge in [-0.25, -0.2) is 13.1 Å². The van der Waals surface area contributed by atoms with Gasteiger partial charge >= 0.3 is 0 Å². The number of aryl methyl sites for hydroxylation is 1. The van der Waals surface area contributed by atoms with Crippen molar-refractivity contribution in [2.75, 3.05) is 12.3 Å². The summed E-state index contributed by atoms with van der Waals surface area (Å²) in [7, 11) is -3.22. The van der Waals surface area contributed by atoms with Crippen molar-refractivity contribution in [2.45, 2.75) is 45.2 Å². The van der Waals surface area contributed by atoms with Gasteiger partial charge in [0.15, 0.2) is 5.76 Å². The van der Waals surface area contributed by atoms with Gasteiger partial charge in [-0.1, -0.05) is 5.16 Å². The van der Waals surface area contributed by atoms with Crippen LogP contribution in [0.15, 0.2) is 10.6 Å². The third-order valence-electron chi connectivity index (χ3n) is 2.99. The fraction of sp³-hybridized carbons (Fsp3) is 0.750. The summed E-state index contributed by atoms with van der Waals surface area (Å²) >= 11 is 0. The van der Waals surface area contributed by atoms with Crippen LogP contribution < -0.4 is 10.0 Å². The Morgan fingerprint density at radius 2 is 2.21 bits per heavy atom. The lowest BCUT2D eigenvalue weighted by atomic mass is 10.3. The number of hydrogen-bond donors (Lipinski definition) is 2. The SMILES string of the molecule is Cc1cc(CNS(=O)(=O)CCCCNC2CC2)on1. The molecule has 1 heterocycles. The van der Waals surface area contributed by atoms with Crippen molar-refractivity contribution >= 4 is 10.0 Å². The monoisotopic (exact) mass is 287 g/mol. The lowest BCUT2D eigenvalue weighted by Gasteiger charge is -2.05. The summed E-state index contributed by atoms with van der Waals surface area (Å²) in [4.78, 5) is 0. The molecular weight excluding hydrogens is 266 g/mol. The van der Waals surface area contributed by atoms with Crippen molar-refractivity contribution in [3.05, 3.63) is 17.5 Å². The van der Waals surface area contributed by atoms with Crippen LogP contribution in [0.3, 0.4) is 0 Å². The minimum atomic E-state index is -3.22. The van der Waals surface area contributed by atoms with E-state index in [1.54, 1.807) is 13.0 Å². The highest BCUT2D eigenvalue weighted by Gasteiger charge is 2.19. The van der Waals surface area contributed by atoms with E-state index in [0.29, 0.717) is 18.2 Å². The minimum absolute atomic E-state index is 0.159. The first-order chi connectivity index (χ1) is 9.05. The third-order valence-corrected chi connectivity index (χ3v) is 4.40. The maximum absolute atomic E-state index is 11.7. The summed E-state index contributed by atoms with van der Waals surface area (Å²) in [5.74, 6) is 0.698. The molecule has 6 nitrogen and oxygen atoms in total. The first-order valence-corrected chi connectivity index (χ1v) is 8.33. The molecule has 0 aromatic carbocycles. The second kappa shape index (κ2) is 6.49. The van der Waals surface area contributed by atoms with Crippen LogP contribution in [0.2, 0.25) is 0 Å². The zero-order valence-corrected chi connectivity index (χ0v) is 12.0. The molecule has 0 amide bonds. The number of sulfonamides is 1. The molecule has 1 fully saturated rings. The van der Waals surface area contributed by atoms with Gasteiger partial charge < -0.3 is 9.84 Å². The highest BCUT2D eigenvalue weighted by molar-refractivity contribution is 7.89. The molecule has 0 unspecified atom stereocenters. The van der Waals surface area contributed by atoms with Gasteiger partial charge in [0, 0.05) is 12.1 Å². The van der Waals surface area contributed by atoms with E-state index in [-0.39, 0.29) is 12.3 Å². The molecule has 1 saturated carbocycles. The Balaban J connectivity index is 1.60. The maximum atomic E-state index is 11.7. The quantitative estimate of drug-likeness (QED) is 0.660. The summed E-state index contributed by atoms with van der Waals surface area (Å²) in [5, 5.41) is 7.07. The van der Waals surface area contributed by atoms with Gasteiger partial charge in [0.25, 0.3) is 0 Å². The number of rotatable bonds is 9. The number of aromatic nitrogens is 1. The van der Waals surface area contributed by atoms with Gasteiger partial charge in [0.2, 0.25) is 10.0 Å². The largest absolute Gasteiger partial charge is 0.360 e. The normalized spacial score (nSPS) is 15.8. The van der Waals surface area contributed by atoms with Crippen molar-refractivity contribution in [1.29, 1.82) is 0 Å². The molecule has 1 aliphatic rings. The molecule has 1 aromatic heterocycles. The Morgan fingerprint density at radius 1 is 1.42 bits per heavy atom. The Hall–Kier alpha value is -0.920. The molecular formula is C12H21N3O3S. The fourth-order valence-corrected chi connectivity index (χ4v) is 2.85. The van der Waals surface area contributed by atoms with E-state index in [2.05, 4.69) is 15.2 Å². The van der Waals surface area contributed by atoms with E-state index >= 15 is 0 Å². The first-order valence-electron chi connectivity index (χ1n) is 6.68. The minimum Gasteiger partial charge on any atom is -0.360 e. The average Bonchev–Trinajstić information content (AvgIpc) is 3.08. The summed E-state index contributed by atoms with van der Waals surface area (Å²) < 4.78 is 30.9.